The minimum atomic E-state index is -0.122. The average molecular weight is 368 g/mol. The number of thioether (sulfide) groups is 1. The van der Waals surface area contributed by atoms with E-state index in [1.807, 2.05) is 30.3 Å². The number of benzene rings is 2. The zero-order chi connectivity index (χ0) is 15.2. The molecule has 0 fully saturated rings. The van der Waals surface area contributed by atoms with E-state index in [-0.39, 0.29) is 6.04 Å². The first-order valence-corrected chi connectivity index (χ1v) is 8.27. The average Bonchev–Trinajstić information content (AvgIpc) is 2.53. The van der Waals surface area contributed by atoms with Gasteiger partial charge in [0.15, 0.2) is 0 Å². The van der Waals surface area contributed by atoms with Gasteiger partial charge in [-0.1, -0.05) is 15.9 Å². The molecule has 5 heteroatoms. The third kappa shape index (κ3) is 4.40. The Bertz CT molecular complexity index is 589. The van der Waals surface area contributed by atoms with Crippen LogP contribution in [0.3, 0.4) is 0 Å². The first-order valence-electron chi connectivity index (χ1n) is 6.50. The van der Waals surface area contributed by atoms with Crippen LogP contribution in [0, 0.1) is 0 Å². The van der Waals surface area contributed by atoms with E-state index < -0.39 is 0 Å². The zero-order valence-corrected chi connectivity index (χ0v) is 14.4. The van der Waals surface area contributed by atoms with Gasteiger partial charge >= 0.3 is 0 Å². The quantitative estimate of drug-likeness (QED) is 0.774. The zero-order valence-electron chi connectivity index (χ0n) is 12.0. The van der Waals surface area contributed by atoms with Gasteiger partial charge < -0.3 is 15.2 Å². The van der Waals surface area contributed by atoms with Gasteiger partial charge in [-0.15, -0.1) is 11.8 Å². The first kappa shape index (κ1) is 16.2. The second-order valence-corrected chi connectivity index (χ2v) is 6.49. The highest BCUT2D eigenvalue weighted by Crippen LogP contribution is 2.31. The van der Waals surface area contributed by atoms with Crippen LogP contribution in [-0.4, -0.2) is 20.0 Å². The van der Waals surface area contributed by atoms with Crippen molar-refractivity contribution in [3.63, 3.8) is 0 Å². The summed E-state index contributed by atoms with van der Waals surface area (Å²) in [5.74, 6) is 2.35. The predicted molar refractivity (Wildman–Crippen MR) is 91.3 cm³/mol. The van der Waals surface area contributed by atoms with Crippen LogP contribution in [0.2, 0.25) is 0 Å². The van der Waals surface area contributed by atoms with Gasteiger partial charge in [-0.3, -0.25) is 0 Å². The Balaban J connectivity index is 2.08. The van der Waals surface area contributed by atoms with Crippen LogP contribution in [0.5, 0.6) is 11.5 Å². The Morgan fingerprint density at radius 3 is 2.43 bits per heavy atom. The molecule has 0 heterocycles. The number of hydrogen-bond donors (Lipinski definition) is 1. The fourth-order valence-corrected chi connectivity index (χ4v) is 3.08. The number of methoxy groups -OCH3 is 2. The van der Waals surface area contributed by atoms with Crippen molar-refractivity contribution in [2.75, 3.05) is 20.0 Å². The normalized spacial score (nSPS) is 12.0. The highest BCUT2D eigenvalue weighted by molar-refractivity contribution is 9.10. The first-order chi connectivity index (χ1) is 10.1. The number of nitrogens with two attached hydrogens (primary N) is 1. The van der Waals surface area contributed by atoms with E-state index >= 15 is 0 Å². The van der Waals surface area contributed by atoms with Gasteiger partial charge in [0.25, 0.3) is 0 Å². The van der Waals surface area contributed by atoms with Crippen molar-refractivity contribution < 1.29 is 9.47 Å². The van der Waals surface area contributed by atoms with Crippen molar-refractivity contribution in [3.8, 4) is 11.5 Å². The molecule has 0 aliphatic heterocycles. The van der Waals surface area contributed by atoms with E-state index in [1.165, 1.54) is 4.90 Å². The van der Waals surface area contributed by atoms with E-state index in [0.29, 0.717) is 0 Å². The summed E-state index contributed by atoms with van der Waals surface area (Å²) in [4.78, 5) is 1.19. The van der Waals surface area contributed by atoms with E-state index in [1.54, 1.807) is 26.0 Å². The van der Waals surface area contributed by atoms with Crippen LogP contribution in [0.1, 0.15) is 11.6 Å². The summed E-state index contributed by atoms with van der Waals surface area (Å²) in [6, 6.07) is 13.8. The van der Waals surface area contributed by atoms with E-state index in [4.69, 9.17) is 15.2 Å². The molecule has 0 amide bonds. The number of ether oxygens (including phenoxy) is 2. The van der Waals surface area contributed by atoms with Crippen molar-refractivity contribution in [3.05, 3.63) is 52.5 Å². The van der Waals surface area contributed by atoms with E-state index in [2.05, 4.69) is 28.1 Å². The molecule has 1 atom stereocenters. The number of halogens is 1. The van der Waals surface area contributed by atoms with Crippen LogP contribution in [0.25, 0.3) is 0 Å². The standard InChI is InChI=1S/C16H18BrNO2S/c1-19-12-5-8-16(20-2)14(9-12)15(18)10-21-13-6-3-11(17)4-7-13/h3-9,15H,10,18H2,1-2H3. The molecule has 21 heavy (non-hydrogen) atoms. The molecule has 3 nitrogen and oxygen atoms in total. The third-order valence-electron chi connectivity index (χ3n) is 3.08. The van der Waals surface area contributed by atoms with Crippen molar-refractivity contribution in [1.29, 1.82) is 0 Å². The summed E-state index contributed by atoms with van der Waals surface area (Å²) >= 11 is 5.16. The molecule has 0 aromatic heterocycles. The van der Waals surface area contributed by atoms with Gasteiger partial charge in [0, 0.05) is 26.7 Å². The lowest BCUT2D eigenvalue weighted by atomic mass is 10.1. The molecule has 0 radical (unpaired) electrons. The molecular formula is C16H18BrNO2S. The van der Waals surface area contributed by atoms with Gasteiger partial charge in [0.2, 0.25) is 0 Å². The van der Waals surface area contributed by atoms with Crippen LogP contribution >= 0.6 is 27.7 Å². The second kappa shape index (κ2) is 7.73. The summed E-state index contributed by atoms with van der Waals surface area (Å²) in [6.45, 7) is 0. The lowest BCUT2D eigenvalue weighted by Gasteiger charge is -2.16. The Kier molecular flexibility index (Phi) is 5.96. The molecule has 2 N–H and O–H groups in total. The Hall–Kier alpha value is -1.17. The summed E-state index contributed by atoms with van der Waals surface area (Å²) in [7, 11) is 3.30. The Morgan fingerprint density at radius 2 is 1.81 bits per heavy atom. The van der Waals surface area contributed by atoms with Crippen molar-refractivity contribution >= 4 is 27.7 Å². The van der Waals surface area contributed by atoms with Gasteiger partial charge in [-0.05, 0) is 42.5 Å². The minimum Gasteiger partial charge on any atom is -0.497 e. The summed E-state index contributed by atoms with van der Waals surface area (Å²) < 4.78 is 11.7. The predicted octanol–water partition coefficient (Wildman–Crippen LogP) is 4.26. The van der Waals surface area contributed by atoms with Crippen LogP contribution in [0.4, 0.5) is 0 Å². The lowest BCUT2D eigenvalue weighted by molar-refractivity contribution is 0.396. The minimum absolute atomic E-state index is 0.122. The third-order valence-corrected chi connectivity index (χ3v) is 4.74. The number of rotatable bonds is 6. The fraction of sp³-hybridized carbons (Fsp3) is 0.250. The summed E-state index contributed by atoms with van der Waals surface area (Å²) in [5, 5.41) is 0. The molecular weight excluding hydrogens is 350 g/mol. The van der Waals surface area contributed by atoms with Crippen molar-refractivity contribution in [1.82, 2.24) is 0 Å². The van der Waals surface area contributed by atoms with E-state index in [9.17, 15) is 0 Å². The Labute approximate surface area is 138 Å². The van der Waals surface area contributed by atoms with Crippen LogP contribution < -0.4 is 15.2 Å². The van der Waals surface area contributed by atoms with Crippen LogP contribution in [-0.2, 0) is 0 Å². The molecule has 0 spiro atoms. The highest BCUT2D eigenvalue weighted by atomic mass is 79.9. The molecule has 2 aromatic rings. The van der Waals surface area contributed by atoms with E-state index in [0.717, 1.165) is 27.3 Å². The molecule has 0 aliphatic carbocycles. The maximum Gasteiger partial charge on any atom is 0.123 e. The molecule has 0 aliphatic rings. The largest absolute Gasteiger partial charge is 0.497 e. The van der Waals surface area contributed by atoms with Crippen molar-refractivity contribution in [2.45, 2.75) is 10.9 Å². The second-order valence-electron chi connectivity index (χ2n) is 4.48. The molecule has 1 unspecified atom stereocenters. The number of hydrogen-bond acceptors (Lipinski definition) is 4. The van der Waals surface area contributed by atoms with Gasteiger partial charge in [-0.25, -0.2) is 0 Å². The molecule has 2 rings (SSSR count). The molecule has 0 saturated heterocycles. The van der Waals surface area contributed by atoms with Gasteiger partial charge in [0.1, 0.15) is 11.5 Å². The smallest absolute Gasteiger partial charge is 0.123 e. The molecule has 0 bridgehead atoms. The molecule has 2 aromatic carbocycles. The van der Waals surface area contributed by atoms with Gasteiger partial charge in [0.05, 0.1) is 14.2 Å². The topological polar surface area (TPSA) is 44.5 Å². The fourth-order valence-electron chi connectivity index (χ4n) is 1.94. The SMILES string of the molecule is COc1ccc(OC)c(C(N)CSc2ccc(Br)cc2)c1. The highest BCUT2D eigenvalue weighted by Gasteiger charge is 2.13. The Morgan fingerprint density at radius 1 is 1.10 bits per heavy atom. The van der Waals surface area contributed by atoms with Crippen molar-refractivity contribution in [2.24, 2.45) is 5.73 Å². The lowest BCUT2D eigenvalue weighted by Crippen LogP contribution is -2.14. The van der Waals surface area contributed by atoms with Gasteiger partial charge in [-0.2, -0.15) is 0 Å². The maximum absolute atomic E-state index is 6.31. The molecule has 112 valence electrons. The summed E-state index contributed by atoms with van der Waals surface area (Å²) in [5.41, 5.74) is 7.27. The maximum atomic E-state index is 6.31. The summed E-state index contributed by atoms with van der Waals surface area (Å²) in [6.07, 6.45) is 0. The monoisotopic (exact) mass is 367 g/mol. The molecule has 0 saturated carbocycles. The van der Waals surface area contributed by atoms with Crippen LogP contribution in [0.15, 0.2) is 51.8 Å².